The summed E-state index contributed by atoms with van der Waals surface area (Å²) in [4.78, 5) is 4.05. The van der Waals surface area contributed by atoms with Crippen molar-refractivity contribution < 1.29 is 0 Å². The predicted octanol–water partition coefficient (Wildman–Crippen LogP) is 3.77. The number of halogens is 1. The van der Waals surface area contributed by atoms with Crippen LogP contribution < -0.4 is 5.73 Å². The lowest BCUT2D eigenvalue weighted by Crippen LogP contribution is -2.11. The molecule has 0 bridgehead atoms. The molecule has 3 heteroatoms. The fourth-order valence-electron chi connectivity index (χ4n) is 1.73. The molecule has 0 aliphatic rings. The van der Waals surface area contributed by atoms with Crippen LogP contribution in [-0.2, 0) is 5.41 Å². The fourth-order valence-corrected chi connectivity index (χ4v) is 2.05. The van der Waals surface area contributed by atoms with Gasteiger partial charge in [0.25, 0.3) is 0 Å². The minimum Gasteiger partial charge on any atom is -0.383 e. The molecule has 0 fully saturated rings. The van der Waals surface area contributed by atoms with Gasteiger partial charge >= 0.3 is 0 Å². The van der Waals surface area contributed by atoms with Crippen molar-refractivity contribution in [1.29, 1.82) is 0 Å². The summed E-state index contributed by atoms with van der Waals surface area (Å²) >= 11 is 6.25. The summed E-state index contributed by atoms with van der Waals surface area (Å²) in [5.74, 6) is 0.489. The quantitative estimate of drug-likeness (QED) is 0.754. The summed E-state index contributed by atoms with van der Waals surface area (Å²) in [6.07, 6.45) is 1.71. The Morgan fingerprint density at radius 1 is 1.25 bits per heavy atom. The standard InChI is InChI=1S/C13H15ClN2/c1-13(2,3)9-6-8-4-5-16-12(15)11(8)10(14)7-9/h4-7H,1-3H3,(H2,15,16). The zero-order valence-electron chi connectivity index (χ0n) is 9.71. The molecule has 2 nitrogen and oxygen atoms in total. The topological polar surface area (TPSA) is 38.9 Å². The molecular formula is C13H15ClN2. The van der Waals surface area contributed by atoms with Crippen LogP contribution in [0.25, 0.3) is 10.8 Å². The van der Waals surface area contributed by atoms with Gasteiger partial charge in [-0.2, -0.15) is 0 Å². The Labute approximate surface area is 100 Å². The Kier molecular flexibility index (Phi) is 2.55. The van der Waals surface area contributed by atoms with Crippen molar-refractivity contribution in [2.75, 3.05) is 5.73 Å². The lowest BCUT2D eigenvalue weighted by molar-refractivity contribution is 0.591. The number of rotatable bonds is 0. The van der Waals surface area contributed by atoms with Gasteiger partial charge < -0.3 is 5.73 Å². The summed E-state index contributed by atoms with van der Waals surface area (Å²) in [6, 6.07) is 6.04. The highest BCUT2D eigenvalue weighted by Crippen LogP contribution is 2.33. The van der Waals surface area contributed by atoms with Crippen LogP contribution in [0.15, 0.2) is 24.4 Å². The van der Waals surface area contributed by atoms with Crippen LogP contribution in [0.3, 0.4) is 0 Å². The second-order valence-electron chi connectivity index (χ2n) is 5.00. The van der Waals surface area contributed by atoms with Crippen LogP contribution in [0, 0.1) is 0 Å². The van der Waals surface area contributed by atoms with Crippen LogP contribution in [0.5, 0.6) is 0 Å². The third-order valence-corrected chi connectivity index (χ3v) is 3.01. The first-order valence-electron chi connectivity index (χ1n) is 5.24. The van der Waals surface area contributed by atoms with Crippen LogP contribution in [0.4, 0.5) is 5.82 Å². The van der Waals surface area contributed by atoms with E-state index in [9.17, 15) is 0 Å². The molecule has 84 valence electrons. The third-order valence-electron chi connectivity index (χ3n) is 2.71. The average molecular weight is 235 g/mol. The number of anilines is 1. The van der Waals surface area contributed by atoms with E-state index in [1.165, 1.54) is 5.56 Å². The number of fused-ring (bicyclic) bond motifs is 1. The van der Waals surface area contributed by atoms with Gasteiger partial charge in [0.15, 0.2) is 0 Å². The highest BCUT2D eigenvalue weighted by atomic mass is 35.5. The average Bonchev–Trinajstić information content (AvgIpc) is 2.15. The first kappa shape index (κ1) is 11.2. The molecule has 2 rings (SSSR count). The van der Waals surface area contributed by atoms with E-state index in [2.05, 4.69) is 31.8 Å². The van der Waals surface area contributed by atoms with Crippen LogP contribution in [0.1, 0.15) is 26.3 Å². The largest absolute Gasteiger partial charge is 0.383 e. The maximum Gasteiger partial charge on any atom is 0.132 e. The number of nitrogen functional groups attached to an aromatic ring is 1. The highest BCUT2D eigenvalue weighted by Gasteiger charge is 2.16. The number of nitrogens with two attached hydrogens (primary N) is 1. The van der Waals surface area contributed by atoms with Crippen molar-refractivity contribution in [3.63, 3.8) is 0 Å². The SMILES string of the molecule is CC(C)(C)c1cc(Cl)c2c(N)nccc2c1. The van der Waals surface area contributed by atoms with Crippen molar-refractivity contribution in [2.45, 2.75) is 26.2 Å². The maximum absolute atomic E-state index is 6.25. The number of aromatic nitrogens is 1. The van der Waals surface area contributed by atoms with E-state index in [0.29, 0.717) is 10.8 Å². The molecule has 16 heavy (non-hydrogen) atoms. The van der Waals surface area contributed by atoms with Gasteiger partial charge in [0.2, 0.25) is 0 Å². The van der Waals surface area contributed by atoms with Crippen LogP contribution in [0.2, 0.25) is 5.02 Å². The van der Waals surface area contributed by atoms with Crippen molar-refractivity contribution in [3.8, 4) is 0 Å². The van der Waals surface area contributed by atoms with E-state index in [4.69, 9.17) is 17.3 Å². The van der Waals surface area contributed by atoms with Crippen LogP contribution in [-0.4, -0.2) is 4.98 Å². The van der Waals surface area contributed by atoms with E-state index in [1.807, 2.05) is 12.1 Å². The predicted molar refractivity (Wildman–Crippen MR) is 69.9 cm³/mol. The highest BCUT2D eigenvalue weighted by molar-refractivity contribution is 6.36. The summed E-state index contributed by atoms with van der Waals surface area (Å²) in [5, 5.41) is 2.56. The maximum atomic E-state index is 6.25. The monoisotopic (exact) mass is 234 g/mol. The molecule has 0 amide bonds. The smallest absolute Gasteiger partial charge is 0.132 e. The molecule has 0 saturated carbocycles. The molecule has 0 radical (unpaired) electrons. The van der Waals surface area contributed by atoms with Gasteiger partial charge in [-0.3, -0.25) is 0 Å². The van der Waals surface area contributed by atoms with Crippen LogP contribution >= 0.6 is 11.6 Å². The first-order chi connectivity index (χ1) is 7.39. The van der Waals surface area contributed by atoms with Crippen molar-refractivity contribution >= 4 is 28.2 Å². The Bertz CT molecular complexity index is 541. The number of hydrogen-bond donors (Lipinski definition) is 1. The molecule has 2 aromatic rings. The van der Waals surface area contributed by atoms with Gasteiger partial charge in [0, 0.05) is 11.6 Å². The van der Waals surface area contributed by atoms with E-state index in [1.54, 1.807) is 6.20 Å². The van der Waals surface area contributed by atoms with E-state index >= 15 is 0 Å². The van der Waals surface area contributed by atoms with Gasteiger partial charge in [-0.25, -0.2) is 4.98 Å². The van der Waals surface area contributed by atoms with E-state index in [-0.39, 0.29) is 5.41 Å². The fraction of sp³-hybridized carbons (Fsp3) is 0.308. The summed E-state index contributed by atoms with van der Waals surface area (Å²) in [7, 11) is 0. The number of nitrogens with zero attached hydrogens (tertiary/aromatic N) is 1. The zero-order chi connectivity index (χ0) is 11.9. The molecule has 0 spiro atoms. The minimum atomic E-state index is 0.0792. The zero-order valence-corrected chi connectivity index (χ0v) is 10.5. The molecule has 0 unspecified atom stereocenters. The van der Waals surface area contributed by atoms with Gasteiger partial charge in [0.05, 0.1) is 5.02 Å². The number of benzene rings is 1. The Balaban J connectivity index is 2.79. The molecule has 1 heterocycles. The molecule has 0 aliphatic carbocycles. The van der Waals surface area contributed by atoms with Gasteiger partial charge in [-0.05, 0) is 28.5 Å². The second kappa shape index (κ2) is 3.63. The molecule has 0 aliphatic heterocycles. The summed E-state index contributed by atoms with van der Waals surface area (Å²) < 4.78 is 0. The lowest BCUT2D eigenvalue weighted by atomic mass is 9.86. The number of pyridine rings is 1. The van der Waals surface area contributed by atoms with Gasteiger partial charge in [-0.15, -0.1) is 0 Å². The number of hydrogen-bond acceptors (Lipinski definition) is 2. The molecule has 2 N–H and O–H groups in total. The van der Waals surface area contributed by atoms with Crippen molar-refractivity contribution in [2.24, 2.45) is 0 Å². The second-order valence-corrected chi connectivity index (χ2v) is 5.41. The minimum absolute atomic E-state index is 0.0792. The van der Waals surface area contributed by atoms with Gasteiger partial charge in [-0.1, -0.05) is 38.4 Å². The molecule has 1 aromatic heterocycles. The van der Waals surface area contributed by atoms with Crippen molar-refractivity contribution in [3.05, 3.63) is 35.0 Å². The van der Waals surface area contributed by atoms with Crippen molar-refractivity contribution in [1.82, 2.24) is 4.98 Å². The van der Waals surface area contributed by atoms with Gasteiger partial charge in [0.1, 0.15) is 5.82 Å². The Hall–Kier alpha value is -1.28. The Morgan fingerprint density at radius 2 is 1.94 bits per heavy atom. The van der Waals surface area contributed by atoms with E-state index < -0.39 is 0 Å². The Morgan fingerprint density at radius 3 is 2.56 bits per heavy atom. The molecule has 0 atom stereocenters. The third kappa shape index (κ3) is 1.85. The summed E-state index contributed by atoms with van der Waals surface area (Å²) in [6.45, 7) is 6.49. The van der Waals surface area contributed by atoms with E-state index in [0.717, 1.165) is 10.8 Å². The molecule has 0 saturated heterocycles. The lowest BCUT2D eigenvalue weighted by Gasteiger charge is -2.20. The molecule has 1 aromatic carbocycles. The first-order valence-corrected chi connectivity index (χ1v) is 5.61. The molecular weight excluding hydrogens is 220 g/mol. The summed E-state index contributed by atoms with van der Waals surface area (Å²) in [5.41, 5.74) is 7.10. The normalized spacial score (nSPS) is 12.0.